The number of carbonyl (C=O) groups excluding carboxylic acids is 1. The third-order valence-electron chi connectivity index (χ3n) is 4.46. The topological polar surface area (TPSA) is 83.0 Å². The first-order valence-corrected chi connectivity index (χ1v) is 8.42. The molecule has 2 aromatic rings. The van der Waals surface area contributed by atoms with Crippen molar-refractivity contribution < 1.29 is 22.7 Å². The summed E-state index contributed by atoms with van der Waals surface area (Å²) in [5.74, 6) is -0.361. The van der Waals surface area contributed by atoms with Gasteiger partial charge in [-0.25, -0.2) is 9.78 Å². The van der Waals surface area contributed by atoms with Gasteiger partial charge in [0.15, 0.2) is 5.82 Å². The van der Waals surface area contributed by atoms with Crippen molar-refractivity contribution in [2.24, 2.45) is 0 Å². The molecule has 3 rings (SSSR count). The van der Waals surface area contributed by atoms with Gasteiger partial charge in [-0.1, -0.05) is 12.8 Å². The minimum Gasteiger partial charge on any atom is -0.462 e. The fourth-order valence-corrected chi connectivity index (χ4v) is 3.20. The second-order valence-electron chi connectivity index (χ2n) is 6.16. The van der Waals surface area contributed by atoms with Gasteiger partial charge in [0.1, 0.15) is 11.4 Å². The van der Waals surface area contributed by atoms with E-state index in [9.17, 15) is 18.0 Å². The molecule has 2 N–H and O–H groups in total. The Kier molecular flexibility index (Phi) is 4.88. The number of ether oxygens (including phenoxy) is 1. The number of halogens is 3. The molecule has 0 radical (unpaired) electrons. The maximum absolute atomic E-state index is 12.7. The molecule has 0 bridgehead atoms. The molecule has 0 aromatic carbocycles. The smallest absolute Gasteiger partial charge is 0.417 e. The minimum atomic E-state index is -4.48. The lowest BCUT2D eigenvalue weighted by Gasteiger charge is -2.08. The average Bonchev–Trinajstić information content (AvgIpc) is 3.22. The van der Waals surface area contributed by atoms with Crippen LogP contribution >= 0.6 is 0 Å². The second-order valence-corrected chi connectivity index (χ2v) is 6.16. The first kappa shape index (κ1) is 18.2. The van der Waals surface area contributed by atoms with E-state index in [0.29, 0.717) is 5.69 Å². The Labute approximate surface area is 148 Å². The van der Waals surface area contributed by atoms with Crippen LogP contribution in [-0.2, 0) is 10.9 Å². The highest BCUT2D eigenvalue weighted by molar-refractivity contribution is 5.96. The van der Waals surface area contributed by atoms with E-state index in [1.807, 2.05) is 0 Å². The molecule has 1 aliphatic carbocycles. The van der Waals surface area contributed by atoms with E-state index >= 15 is 0 Å². The lowest BCUT2D eigenvalue weighted by Crippen LogP contribution is -2.11. The molecule has 140 valence electrons. The molecular formula is C17H19F3N4O2. The van der Waals surface area contributed by atoms with Gasteiger partial charge in [0, 0.05) is 12.1 Å². The number of alkyl halides is 3. The predicted molar refractivity (Wildman–Crippen MR) is 87.9 cm³/mol. The molecule has 0 spiro atoms. The van der Waals surface area contributed by atoms with Gasteiger partial charge < -0.3 is 10.5 Å². The summed E-state index contributed by atoms with van der Waals surface area (Å²) in [7, 11) is 0. The van der Waals surface area contributed by atoms with Crippen LogP contribution in [0.3, 0.4) is 0 Å². The van der Waals surface area contributed by atoms with Crippen molar-refractivity contribution in [2.45, 2.75) is 44.7 Å². The lowest BCUT2D eigenvalue weighted by molar-refractivity contribution is -0.137. The number of hydrogen-bond donors (Lipinski definition) is 1. The van der Waals surface area contributed by atoms with Crippen LogP contribution in [0.4, 0.5) is 19.0 Å². The van der Waals surface area contributed by atoms with E-state index < -0.39 is 17.7 Å². The highest BCUT2D eigenvalue weighted by atomic mass is 19.4. The summed E-state index contributed by atoms with van der Waals surface area (Å²) in [4.78, 5) is 16.2. The number of nitrogens with two attached hydrogens (primary N) is 1. The lowest BCUT2D eigenvalue weighted by atomic mass is 10.00. The fraction of sp³-hybridized carbons (Fsp3) is 0.471. The Morgan fingerprint density at radius 1 is 1.35 bits per heavy atom. The Hall–Kier alpha value is -2.58. The normalized spacial score (nSPS) is 15.4. The summed E-state index contributed by atoms with van der Waals surface area (Å²) in [5.41, 5.74) is 5.94. The number of anilines is 1. The molecule has 2 heterocycles. The Balaban J connectivity index is 2.04. The van der Waals surface area contributed by atoms with E-state index in [1.165, 1.54) is 10.7 Å². The average molecular weight is 368 g/mol. The highest BCUT2D eigenvalue weighted by Gasteiger charge is 2.33. The van der Waals surface area contributed by atoms with E-state index in [0.717, 1.165) is 37.9 Å². The molecule has 9 heteroatoms. The molecule has 0 unspecified atom stereocenters. The summed E-state index contributed by atoms with van der Waals surface area (Å²) in [6.45, 7) is 1.87. The van der Waals surface area contributed by atoms with Crippen LogP contribution in [0.15, 0.2) is 18.3 Å². The summed E-state index contributed by atoms with van der Waals surface area (Å²) in [6, 6.07) is 2.09. The number of carbonyl (C=O) groups is 1. The third kappa shape index (κ3) is 3.38. The predicted octanol–water partition coefficient (Wildman–Crippen LogP) is 3.70. The molecule has 0 saturated heterocycles. The summed E-state index contributed by atoms with van der Waals surface area (Å²) in [6.07, 6.45) is 0.0467. The van der Waals surface area contributed by atoms with E-state index in [4.69, 9.17) is 10.5 Å². The van der Waals surface area contributed by atoms with Gasteiger partial charge in [-0.3, -0.25) is 0 Å². The van der Waals surface area contributed by atoms with Crippen LogP contribution in [0.1, 0.15) is 60.1 Å². The van der Waals surface area contributed by atoms with Gasteiger partial charge in [0.05, 0.1) is 17.9 Å². The van der Waals surface area contributed by atoms with E-state index in [1.54, 1.807) is 6.92 Å². The van der Waals surface area contributed by atoms with Crippen LogP contribution in [0, 0.1) is 0 Å². The van der Waals surface area contributed by atoms with E-state index in [-0.39, 0.29) is 29.7 Å². The van der Waals surface area contributed by atoms with Gasteiger partial charge in [-0.2, -0.15) is 23.0 Å². The molecule has 0 aliphatic heterocycles. The summed E-state index contributed by atoms with van der Waals surface area (Å²) in [5, 5.41) is 4.40. The second kappa shape index (κ2) is 6.97. The quantitative estimate of drug-likeness (QED) is 0.832. The molecule has 0 atom stereocenters. The molecular weight excluding hydrogens is 349 g/mol. The fourth-order valence-electron chi connectivity index (χ4n) is 3.20. The number of nitrogen functional groups attached to an aromatic ring is 1. The molecule has 0 amide bonds. The largest absolute Gasteiger partial charge is 0.462 e. The highest BCUT2D eigenvalue weighted by Crippen LogP contribution is 2.38. The van der Waals surface area contributed by atoms with Gasteiger partial charge in [0.2, 0.25) is 0 Å². The molecule has 1 saturated carbocycles. The molecule has 6 nitrogen and oxygen atoms in total. The zero-order valence-electron chi connectivity index (χ0n) is 14.2. The van der Waals surface area contributed by atoms with E-state index in [2.05, 4.69) is 10.1 Å². The monoisotopic (exact) mass is 368 g/mol. The van der Waals surface area contributed by atoms with Crippen LogP contribution in [0.2, 0.25) is 0 Å². The molecule has 2 aromatic heterocycles. The van der Waals surface area contributed by atoms with Gasteiger partial charge in [-0.05, 0) is 31.9 Å². The maximum atomic E-state index is 12.7. The van der Waals surface area contributed by atoms with Crippen molar-refractivity contribution in [3.63, 3.8) is 0 Å². The summed E-state index contributed by atoms with van der Waals surface area (Å²) < 4.78 is 44.4. The van der Waals surface area contributed by atoms with Crippen LogP contribution in [0.25, 0.3) is 5.82 Å². The van der Waals surface area contributed by atoms with Gasteiger partial charge in [0.25, 0.3) is 0 Å². The number of pyridine rings is 1. The number of rotatable bonds is 4. The van der Waals surface area contributed by atoms with Crippen molar-refractivity contribution in [2.75, 3.05) is 12.3 Å². The summed E-state index contributed by atoms with van der Waals surface area (Å²) >= 11 is 0. The maximum Gasteiger partial charge on any atom is 0.417 e. The zero-order valence-corrected chi connectivity index (χ0v) is 14.2. The number of hydrogen-bond acceptors (Lipinski definition) is 5. The van der Waals surface area contributed by atoms with Crippen molar-refractivity contribution in [3.05, 3.63) is 35.2 Å². The Morgan fingerprint density at radius 3 is 2.58 bits per heavy atom. The minimum absolute atomic E-state index is 0.0256. The Bertz CT molecular complexity index is 794. The van der Waals surface area contributed by atoms with Gasteiger partial charge >= 0.3 is 12.1 Å². The number of nitrogens with zero attached hydrogens (tertiary/aromatic N) is 3. The molecule has 26 heavy (non-hydrogen) atoms. The van der Waals surface area contributed by atoms with Crippen molar-refractivity contribution in [3.8, 4) is 5.82 Å². The first-order valence-electron chi connectivity index (χ1n) is 8.42. The standard InChI is InChI=1S/C17H19F3N4O2/c1-2-26-16(25)13-14(10-5-3-4-6-10)23-24(15(13)21)12-8-7-11(9-22-12)17(18,19)20/h7-10H,2-6,21H2,1H3. The van der Waals surface area contributed by atoms with Crippen LogP contribution in [0.5, 0.6) is 0 Å². The van der Waals surface area contributed by atoms with Crippen LogP contribution < -0.4 is 5.73 Å². The number of esters is 1. The van der Waals surface area contributed by atoms with Crippen molar-refractivity contribution in [1.29, 1.82) is 0 Å². The SMILES string of the molecule is CCOC(=O)c1c(C2CCCC2)nn(-c2ccc(C(F)(F)F)cn2)c1N. The van der Waals surface area contributed by atoms with Gasteiger partial charge in [-0.15, -0.1) is 0 Å². The Morgan fingerprint density at radius 2 is 2.04 bits per heavy atom. The van der Waals surface area contributed by atoms with Crippen LogP contribution in [-0.4, -0.2) is 27.3 Å². The third-order valence-corrected chi connectivity index (χ3v) is 4.46. The van der Waals surface area contributed by atoms with Crippen molar-refractivity contribution in [1.82, 2.24) is 14.8 Å². The number of aromatic nitrogens is 3. The molecule has 1 fully saturated rings. The molecule has 1 aliphatic rings. The first-order chi connectivity index (χ1) is 12.3. The van der Waals surface area contributed by atoms with Crippen molar-refractivity contribution >= 4 is 11.8 Å². The zero-order chi connectivity index (χ0) is 18.9.